The Morgan fingerprint density at radius 2 is 1.95 bits per heavy atom. The Morgan fingerprint density at radius 1 is 1.25 bits per heavy atom. The minimum atomic E-state index is 0.148. The molecule has 1 unspecified atom stereocenters. The molecule has 0 aliphatic heterocycles. The number of aromatic nitrogens is 1. The quantitative estimate of drug-likeness (QED) is 0.862. The lowest BCUT2D eigenvalue weighted by Gasteiger charge is -2.14. The highest BCUT2D eigenvalue weighted by atomic mass is 32.1. The predicted molar refractivity (Wildman–Crippen MR) is 89.9 cm³/mol. The number of nitrogens with one attached hydrogen (secondary N) is 1. The molecule has 0 aromatic carbocycles. The summed E-state index contributed by atoms with van der Waals surface area (Å²) in [6.07, 6.45) is 2.01. The van der Waals surface area contributed by atoms with Crippen LogP contribution in [0.1, 0.15) is 58.9 Å². The van der Waals surface area contributed by atoms with Crippen molar-refractivity contribution in [1.29, 1.82) is 0 Å². The van der Waals surface area contributed by atoms with Crippen molar-refractivity contribution in [3.8, 4) is 0 Å². The molecule has 0 saturated carbocycles. The molecule has 0 spiro atoms. The molecule has 20 heavy (non-hydrogen) atoms. The van der Waals surface area contributed by atoms with E-state index in [0.717, 1.165) is 6.54 Å². The molecule has 2 rings (SSSR count). The van der Waals surface area contributed by atoms with Gasteiger partial charge in [-0.05, 0) is 32.4 Å². The van der Waals surface area contributed by atoms with Crippen LogP contribution in [-0.2, 0) is 12.0 Å². The lowest BCUT2D eigenvalue weighted by Crippen LogP contribution is -2.17. The zero-order valence-corrected chi connectivity index (χ0v) is 14.8. The summed E-state index contributed by atoms with van der Waals surface area (Å²) in [6.45, 7) is 14.1. The Hall–Kier alpha value is -0.710. The van der Waals surface area contributed by atoms with Crippen LogP contribution in [0.2, 0.25) is 0 Å². The van der Waals surface area contributed by atoms with Crippen LogP contribution in [0, 0.1) is 13.8 Å². The standard InChI is InChI=1S/C16H24N2S2/c1-10-7-14(12(3)19-10)11(2)17-8-13-9-18-15(20-13)16(4,5)6/h7,9,11,17H,8H2,1-6H3. The highest BCUT2D eigenvalue weighted by Crippen LogP contribution is 2.28. The summed E-state index contributed by atoms with van der Waals surface area (Å²) in [4.78, 5) is 8.66. The van der Waals surface area contributed by atoms with Gasteiger partial charge in [-0.3, -0.25) is 0 Å². The Kier molecular flexibility index (Phi) is 4.67. The van der Waals surface area contributed by atoms with Crippen molar-refractivity contribution < 1.29 is 0 Å². The van der Waals surface area contributed by atoms with Gasteiger partial charge in [0.25, 0.3) is 0 Å². The van der Waals surface area contributed by atoms with Crippen molar-refractivity contribution in [2.24, 2.45) is 0 Å². The van der Waals surface area contributed by atoms with Gasteiger partial charge in [0.1, 0.15) is 0 Å². The van der Waals surface area contributed by atoms with E-state index in [1.807, 2.05) is 28.9 Å². The molecule has 4 heteroatoms. The van der Waals surface area contributed by atoms with Crippen LogP contribution in [-0.4, -0.2) is 4.98 Å². The molecule has 0 saturated heterocycles. The molecular formula is C16H24N2S2. The fourth-order valence-corrected chi connectivity index (χ4v) is 4.12. The SMILES string of the molecule is Cc1cc(C(C)NCc2cnc(C(C)(C)C)s2)c(C)s1. The number of aryl methyl sites for hydroxylation is 2. The third-order valence-electron chi connectivity index (χ3n) is 3.32. The van der Waals surface area contributed by atoms with E-state index in [1.165, 1.54) is 25.2 Å². The van der Waals surface area contributed by atoms with E-state index < -0.39 is 0 Å². The predicted octanol–water partition coefficient (Wildman–Crippen LogP) is 4.97. The molecule has 1 atom stereocenters. The molecular weight excluding hydrogens is 284 g/mol. The summed E-state index contributed by atoms with van der Waals surface area (Å²) >= 11 is 3.69. The second-order valence-electron chi connectivity index (χ2n) is 6.35. The van der Waals surface area contributed by atoms with Gasteiger partial charge in [-0.25, -0.2) is 4.98 Å². The summed E-state index contributed by atoms with van der Waals surface area (Å²) in [5.41, 5.74) is 1.57. The monoisotopic (exact) mass is 308 g/mol. The third kappa shape index (κ3) is 3.68. The first-order valence-electron chi connectivity index (χ1n) is 7.03. The van der Waals surface area contributed by atoms with Gasteiger partial charge < -0.3 is 5.32 Å². The smallest absolute Gasteiger partial charge is 0.0981 e. The molecule has 2 aromatic heterocycles. The largest absolute Gasteiger partial charge is 0.305 e. The first-order valence-corrected chi connectivity index (χ1v) is 8.66. The van der Waals surface area contributed by atoms with Gasteiger partial charge in [-0.15, -0.1) is 22.7 Å². The van der Waals surface area contributed by atoms with Crippen molar-refractivity contribution in [2.75, 3.05) is 0 Å². The summed E-state index contributed by atoms with van der Waals surface area (Å²) in [5.74, 6) is 0. The first-order chi connectivity index (χ1) is 9.27. The van der Waals surface area contributed by atoms with E-state index in [9.17, 15) is 0 Å². The molecule has 1 N–H and O–H groups in total. The maximum absolute atomic E-state index is 4.54. The topological polar surface area (TPSA) is 24.9 Å². The molecule has 110 valence electrons. The lowest BCUT2D eigenvalue weighted by molar-refractivity contribution is 0.577. The van der Waals surface area contributed by atoms with Crippen LogP contribution in [0.4, 0.5) is 0 Å². The number of hydrogen-bond donors (Lipinski definition) is 1. The van der Waals surface area contributed by atoms with Crippen LogP contribution >= 0.6 is 22.7 Å². The zero-order chi connectivity index (χ0) is 14.9. The Bertz CT molecular complexity index is 576. The number of thiophene rings is 1. The van der Waals surface area contributed by atoms with Crippen LogP contribution in [0.3, 0.4) is 0 Å². The van der Waals surface area contributed by atoms with E-state index in [0.29, 0.717) is 6.04 Å². The van der Waals surface area contributed by atoms with Gasteiger partial charge in [-0.1, -0.05) is 20.8 Å². The highest BCUT2D eigenvalue weighted by molar-refractivity contribution is 7.12. The van der Waals surface area contributed by atoms with Gasteiger partial charge >= 0.3 is 0 Å². The molecule has 0 fully saturated rings. The number of rotatable bonds is 4. The Morgan fingerprint density at radius 3 is 2.45 bits per heavy atom. The van der Waals surface area contributed by atoms with Crippen LogP contribution in [0.5, 0.6) is 0 Å². The van der Waals surface area contributed by atoms with Crippen molar-refractivity contribution in [1.82, 2.24) is 10.3 Å². The molecule has 0 amide bonds. The molecule has 2 nitrogen and oxygen atoms in total. The molecule has 0 aliphatic carbocycles. The van der Waals surface area contributed by atoms with Crippen LogP contribution in [0.25, 0.3) is 0 Å². The van der Waals surface area contributed by atoms with Gasteiger partial charge in [0.2, 0.25) is 0 Å². The average molecular weight is 309 g/mol. The van der Waals surface area contributed by atoms with Gasteiger partial charge in [-0.2, -0.15) is 0 Å². The average Bonchev–Trinajstić information content (AvgIpc) is 2.92. The third-order valence-corrected chi connectivity index (χ3v) is 5.73. The molecule has 2 heterocycles. The normalized spacial score (nSPS) is 13.7. The molecule has 0 bridgehead atoms. The second-order valence-corrected chi connectivity index (χ2v) is 8.93. The van der Waals surface area contributed by atoms with Crippen molar-refractivity contribution in [3.05, 3.63) is 37.5 Å². The minimum absolute atomic E-state index is 0.148. The van der Waals surface area contributed by atoms with E-state index in [2.05, 4.69) is 57.9 Å². The van der Waals surface area contributed by atoms with E-state index >= 15 is 0 Å². The van der Waals surface area contributed by atoms with E-state index in [-0.39, 0.29) is 5.41 Å². The van der Waals surface area contributed by atoms with Crippen molar-refractivity contribution >= 4 is 22.7 Å². The highest BCUT2D eigenvalue weighted by Gasteiger charge is 2.18. The zero-order valence-electron chi connectivity index (χ0n) is 13.2. The van der Waals surface area contributed by atoms with Gasteiger partial charge in [0.15, 0.2) is 0 Å². The molecule has 0 radical (unpaired) electrons. The molecule has 2 aromatic rings. The fraction of sp³-hybridized carbons (Fsp3) is 0.562. The lowest BCUT2D eigenvalue weighted by atomic mass is 9.98. The first kappa shape index (κ1) is 15.7. The molecule has 0 aliphatic rings. The Balaban J connectivity index is 1.98. The van der Waals surface area contributed by atoms with E-state index in [4.69, 9.17) is 0 Å². The summed E-state index contributed by atoms with van der Waals surface area (Å²) < 4.78 is 0. The Labute approximate surface area is 130 Å². The van der Waals surface area contributed by atoms with Crippen LogP contribution < -0.4 is 5.32 Å². The number of hydrogen-bond acceptors (Lipinski definition) is 4. The van der Waals surface area contributed by atoms with Gasteiger partial charge in [0.05, 0.1) is 5.01 Å². The number of thiazole rings is 1. The van der Waals surface area contributed by atoms with Crippen LogP contribution in [0.15, 0.2) is 12.3 Å². The summed E-state index contributed by atoms with van der Waals surface area (Å²) in [7, 11) is 0. The maximum Gasteiger partial charge on any atom is 0.0981 e. The van der Waals surface area contributed by atoms with Crippen molar-refractivity contribution in [3.63, 3.8) is 0 Å². The second kappa shape index (κ2) is 5.96. The minimum Gasteiger partial charge on any atom is -0.305 e. The fourth-order valence-electron chi connectivity index (χ4n) is 2.18. The summed E-state index contributed by atoms with van der Waals surface area (Å²) in [6, 6.07) is 2.69. The maximum atomic E-state index is 4.54. The van der Waals surface area contributed by atoms with Crippen molar-refractivity contribution in [2.45, 2.75) is 59.5 Å². The van der Waals surface area contributed by atoms with Gasteiger partial charge in [0, 0.05) is 38.8 Å². The summed E-state index contributed by atoms with van der Waals surface area (Å²) in [5, 5.41) is 4.82. The van der Waals surface area contributed by atoms with E-state index in [1.54, 1.807) is 0 Å². The number of nitrogens with zero attached hydrogens (tertiary/aromatic N) is 1.